The molecular formula is C10H10N2O3S. The van der Waals surface area contributed by atoms with Gasteiger partial charge in [0.25, 0.3) is 0 Å². The van der Waals surface area contributed by atoms with Gasteiger partial charge < -0.3 is 14.9 Å². The lowest BCUT2D eigenvalue weighted by Gasteiger charge is -1.98. The van der Waals surface area contributed by atoms with Gasteiger partial charge in [-0.1, -0.05) is 5.16 Å². The Morgan fingerprint density at radius 3 is 2.94 bits per heavy atom. The van der Waals surface area contributed by atoms with Crippen LogP contribution >= 0.6 is 11.3 Å². The third-order valence-corrected chi connectivity index (χ3v) is 3.04. The molecule has 0 atom stereocenters. The lowest BCUT2D eigenvalue weighted by Crippen LogP contribution is -2.11. The molecule has 84 valence electrons. The predicted molar refractivity (Wildman–Crippen MR) is 58.3 cm³/mol. The molecule has 6 heteroatoms. The van der Waals surface area contributed by atoms with Gasteiger partial charge in [-0.15, -0.1) is 11.3 Å². The number of carboxylic acid groups (broad SMARTS) is 1. The predicted octanol–water partition coefficient (Wildman–Crippen LogP) is 1.72. The quantitative estimate of drug-likeness (QED) is 0.829. The number of aromatic carboxylic acids is 1. The van der Waals surface area contributed by atoms with Crippen molar-refractivity contribution in [3.8, 4) is 0 Å². The molecule has 0 saturated heterocycles. The molecular weight excluding hydrogens is 228 g/mol. The lowest BCUT2D eigenvalue weighted by molar-refractivity contribution is 0.0702. The first kappa shape index (κ1) is 10.8. The molecule has 2 heterocycles. The van der Waals surface area contributed by atoms with Crippen molar-refractivity contribution in [2.45, 2.75) is 13.1 Å². The van der Waals surface area contributed by atoms with Gasteiger partial charge in [-0.2, -0.15) is 0 Å². The summed E-state index contributed by atoms with van der Waals surface area (Å²) in [6.07, 6.45) is 1.52. The second kappa shape index (κ2) is 4.91. The topological polar surface area (TPSA) is 75.4 Å². The van der Waals surface area contributed by atoms with Crippen LogP contribution in [-0.2, 0) is 13.1 Å². The maximum atomic E-state index is 10.6. The number of thiophene rings is 1. The molecule has 2 N–H and O–H groups in total. The lowest BCUT2D eigenvalue weighted by atomic mass is 10.4. The summed E-state index contributed by atoms with van der Waals surface area (Å²) in [5, 5.41) is 15.6. The highest BCUT2D eigenvalue weighted by Crippen LogP contribution is 2.16. The summed E-state index contributed by atoms with van der Waals surface area (Å²) >= 11 is 1.27. The Morgan fingerprint density at radius 2 is 2.31 bits per heavy atom. The van der Waals surface area contributed by atoms with Gasteiger partial charge in [0.2, 0.25) is 0 Å². The molecule has 0 saturated carbocycles. The highest BCUT2D eigenvalue weighted by Gasteiger charge is 2.06. The van der Waals surface area contributed by atoms with Crippen molar-refractivity contribution in [2.24, 2.45) is 0 Å². The van der Waals surface area contributed by atoms with Gasteiger partial charge in [0.15, 0.2) is 0 Å². The monoisotopic (exact) mass is 238 g/mol. The summed E-state index contributed by atoms with van der Waals surface area (Å²) in [5.74, 6) is -0.882. The molecule has 16 heavy (non-hydrogen) atoms. The van der Waals surface area contributed by atoms with E-state index in [9.17, 15) is 4.79 Å². The number of nitrogens with one attached hydrogen (secondary N) is 1. The van der Waals surface area contributed by atoms with Crippen molar-refractivity contribution < 1.29 is 14.4 Å². The van der Waals surface area contributed by atoms with Crippen LogP contribution in [0, 0.1) is 0 Å². The highest BCUT2D eigenvalue weighted by molar-refractivity contribution is 7.13. The number of hydrogen-bond donors (Lipinski definition) is 2. The molecule has 2 aromatic rings. The molecule has 0 aliphatic carbocycles. The van der Waals surface area contributed by atoms with E-state index in [0.717, 1.165) is 10.6 Å². The molecule has 0 aromatic carbocycles. The average Bonchev–Trinajstić information content (AvgIpc) is 2.87. The molecule has 5 nitrogen and oxygen atoms in total. The zero-order valence-electron chi connectivity index (χ0n) is 8.34. The largest absolute Gasteiger partial charge is 0.477 e. The molecule has 2 aromatic heterocycles. The number of carboxylic acids is 1. The molecule has 0 radical (unpaired) electrons. The van der Waals surface area contributed by atoms with Gasteiger partial charge in [-0.05, 0) is 12.1 Å². The van der Waals surface area contributed by atoms with Crippen molar-refractivity contribution in [1.29, 1.82) is 0 Å². The Kier molecular flexibility index (Phi) is 3.33. The molecule has 0 aliphatic rings. The zero-order valence-corrected chi connectivity index (χ0v) is 9.16. The van der Waals surface area contributed by atoms with E-state index in [2.05, 4.69) is 15.0 Å². The Labute approximate surface area is 95.7 Å². The average molecular weight is 238 g/mol. The van der Waals surface area contributed by atoms with Crippen molar-refractivity contribution in [2.75, 3.05) is 0 Å². The number of nitrogens with zero attached hydrogens (tertiary/aromatic N) is 1. The summed E-state index contributed by atoms with van der Waals surface area (Å²) in [4.78, 5) is 12.0. The Bertz CT molecular complexity index is 464. The molecule has 0 fully saturated rings. The van der Waals surface area contributed by atoms with E-state index in [-0.39, 0.29) is 0 Å². The molecule has 0 spiro atoms. The van der Waals surface area contributed by atoms with Gasteiger partial charge in [0, 0.05) is 24.0 Å². The number of rotatable bonds is 5. The fourth-order valence-corrected chi connectivity index (χ4v) is 2.05. The maximum Gasteiger partial charge on any atom is 0.345 e. The Morgan fingerprint density at radius 1 is 1.44 bits per heavy atom. The van der Waals surface area contributed by atoms with E-state index in [1.54, 1.807) is 12.1 Å². The van der Waals surface area contributed by atoms with Gasteiger partial charge in [0.1, 0.15) is 11.1 Å². The minimum absolute atomic E-state index is 0.359. The SMILES string of the molecule is O=C(O)c1ccc(CNCc2ccon2)s1. The molecule has 0 aliphatic heterocycles. The third kappa shape index (κ3) is 2.68. The third-order valence-electron chi connectivity index (χ3n) is 1.97. The van der Waals surface area contributed by atoms with E-state index in [0.29, 0.717) is 18.0 Å². The van der Waals surface area contributed by atoms with Crippen LogP contribution in [0.1, 0.15) is 20.2 Å². The second-order valence-corrected chi connectivity index (χ2v) is 4.33. The summed E-state index contributed by atoms with van der Waals surface area (Å²) in [6, 6.07) is 5.20. The van der Waals surface area contributed by atoms with Crippen molar-refractivity contribution in [3.63, 3.8) is 0 Å². The van der Waals surface area contributed by atoms with Crippen molar-refractivity contribution >= 4 is 17.3 Å². The minimum atomic E-state index is -0.882. The van der Waals surface area contributed by atoms with Crippen LogP contribution in [0.5, 0.6) is 0 Å². The van der Waals surface area contributed by atoms with Gasteiger partial charge in [-0.25, -0.2) is 4.79 Å². The van der Waals surface area contributed by atoms with Gasteiger partial charge >= 0.3 is 5.97 Å². The summed E-state index contributed by atoms with van der Waals surface area (Å²) < 4.78 is 4.69. The van der Waals surface area contributed by atoms with Crippen LogP contribution in [0.15, 0.2) is 29.0 Å². The smallest absolute Gasteiger partial charge is 0.345 e. The molecule has 0 unspecified atom stereocenters. The standard InChI is InChI=1S/C10H10N2O3S/c13-10(14)9-2-1-8(16-9)6-11-5-7-3-4-15-12-7/h1-4,11H,5-6H2,(H,13,14). The molecule has 2 rings (SSSR count). The normalized spacial score (nSPS) is 10.5. The van der Waals surface area contributed by atoms with Crippen LogP contribution in [-0.4, -0.2) is 16.2 Å². The summed E-state index contributed by atoms with van der Waals surface area (Å²) in [7, 11) is 0. The van der Waals surface area contributed by atoms with Crippen LogP contribution < -0.4 is 5.32 Å². The Balaban J connectivity index is 1.83. The first-order valence-corrected chi connectivity index (χ1v) is 5.49. The fourth-order valence-electron chi connectivity index (χ4n) is 1.23. The maximum absolute atomic E-state index is 10.6. The summed E-state index contributed by atoms with van der Waals surface area (Å²) in [6.45, 7) is 1.24. The Hall–Kier alpha value is -1.66. The van der Waals surface area contributed by atoms with Crippen LogP contribution in [0.2, 0.25) is 0 Å². The van der Waals surface area contributed by atoms with Gasteiger partial charge in [-0.3, -0.25) is 0 Å². The van der Waals surface area contributed by atoms with E-state index < -0.39 is 5.97 Å². The fraction of sp³-hybridized carbons (Fsp3) is 0.200. The zero-order chi connectivity index (χ0) is 11.4. The highest BCUT2D eigenvalue weighted by atomic mass is 32.1. The van der Waals surface area contributed by atoms with Crippen LogP contribution in [0.3, 0.4) is 0 Å². The molecule has 0 amide bonds. The van der Waals surface area contributed by atoms with Gasteiger partial charge in [0.05, 0.1) is 5.69 Å². The first-order valence-electron chi connectivity index (χ1n) is 4.67. The van der Waals surface area contributed by atoms with E-state index in [4.69, 9.17) is 5.11 Å². The molecule has 0 bridgehead atoms. The van der Waals surface area contributed by atoms with E-state index in [1.165, 1.54) is 17.6 Å². The van der Waals surface area contributed by atoms with E-state index >= 15 is 0 Å². The minimum Gasteiger partial charge on any atom is -0.477 e. The van der Waals surface area contributed by atoms with Crippen LogP contribution in [0.4, 0.5) is 0 Å². The number of carbonyl (C=O) groups is 1. The van der Waals surface area contributed by atoms with Crippen molar-refractivity contribution in [3.05, 3.63) is 39.9 Å². The number of hydrogen-bond acceptors (Lipinski definition) is 5. The van der Waals surface area contributed by atoms with Crippen LogP contribution in [0.25, 0.3) is 0 Å². The van der Waals surface area contributed by atoms with E-state index in [1.807, 2.05) is 6.07 Å². The number of aromatic nitrogens is 1. The second-order valence-electron chi connectivity index (χ2n) is 3.17. The summed E-state index contributed by atoms with van der Waals surface area (Å²) in [5.41, 5.74) is 0.829. The van der Waals surface area contributed by atoms with Crippen molar-refractivity contribution in [1.82, 2.24) is 10.5 Å². The first-order chi connectivity index (χ1) is 7.75.